The van der Waals surface area contributed by atoms with E-state index in [0.717, 1.165) is 12.1 Å². The van der Waals surface area contributed by atoms with Gasteiger partial charge in [-0.05, 0) is 18.4 Å². The van der Waals surface area contributed by atoms with Crippen LogP contribution >= 0.6 is 0 Å². The molecule has 0 saturated heterocycles. The number of hydrogen-bond donors (Lipinski definition) is 2. The fourth-order valence-electron chi connectivity index (χ4n) is 2.20. The number of ether oxygens (including phenoxy) is 2. The fourth-order valence-corrected chi connectivity index (χ4v) is 2.20. The summed E-state index contributed by atoms with van der Waals surface area (Å²) in [5.41, 5.74) is 5.01. The molecule has 1 aromatic rings. The van der Waals surface area contributed by atoms with Crippen LogP contribution in [-0.4, -0.2) is 30.3 Å². The lowest BCUT2D eigenvalue weighted by molar-refractivity contribution is -0.287. The second-order valence-electron chi connectivity index (χ2n) is 5.18. The Balaban J connectivity index is 3.28. The molecule has 142 valence electrons. The number of rotatable bonds is 7. The molecule has 1 aromatic carbocycles. The van der Waals surface area contributed by atoms with Crippen molar-refractivity contribution < 1.29 is 45.7 Å². The number of alkyl halides is 6. The van der Waals surface area contributed by atoms with E-state index in [1.807, 2.05) is 0 Å². The summed E-state index contributed by atoms with van der Waals surface area (Å²) in [4.78, 5) is 11.0. The van der Waals surface area contributed by atoms with Gasteiger partial charge in [0.25, 0.3) is 0 Å². The number of nitrogens with two attached hydrogens (primary N) is 1. The summed E-state index contributed by atoms with van der Waals surface area (Å²) in [6.07, 6.45) is -10.7. The van der Waals surface area contributed by atoms with Crippen molar-refractivity contribution >= 4 is 5.97 Å². The third-order valence-corrected chi connectivity index (χ3v) is 3.26. The maximum Gasteiger partial charge on any atom is 0.573 e. The zero-order valence-corrected chi connectivity index (χ0v) is 12.8. The number of benzene rings is 1. The van der Waals surface area contributed by atoms with Crippen molar-refractivity contribution in [1.82, 2.24) is 0 Å². The predicted molar refractivity (Wildman–Crippen MR) is 73.0 cm³/mol. The summed E-state index contributed by atoms with van der Waals surface area (Å²) in [6.45, 7) is 1.06. The van der Waals surface area contributed by atoms with E-state index in [1.165, 1.54) is 6.92 Å². The molecule has 5 nitrogen and oxygen atoms in total. The molecule has 0 saturated carbocycles. The van der Waals surface area contributed by atoms with Crippen molar-refractivity contribution in [3.05, 3.63) is 23.8 Å². The van der Waals surface area contributed by atoms with E-state index >= 15 is 0 Å². The van der Waals surface area contributed by atoms with Crippen molar-refractivity contribution in [3.63, 3.8) is 0 Å². The number of para-hydroxylation sites is 1. The molecule has 0 bridgehead atoms. The molecule has 0 aliphatic carbocycles. The second-order valence-corrected chi connectivity index (χ2v) is 5.18. The molecule has 0 heterocycles. The summed E-state index contributed by atoms with van der Waals surface area (Å²) in [7, 11) is 0. The minimum atomic E-state index is -5.26. The molecule has 0 aromatic heterocycles. The van der Waals surface area contributed by atoms with Crippen LogP contribution in [0.1, 0.15) is 24.8 Å². The van der Waals surface area contributed by atoms with E-state index in [4.69, 9.17) is 10.8 Å². The molecule has 0 radical (unpaired) electrons. The van der Waals surface area contributed by atoms with Gasteiger partial charge in [-0.3, -0.25) is 4.79 Å². The summed E-state index contributed by atoms with van der Waals surface area (Å²) in [6, 6.07) is 2.82. The van der Waals surface area contributed by atoms with E-state index in [-0.39, 0.29) is 18.5 Å². The van der Waals surface area contributed by atoms with Crippen LogP contribution in [0.2, 0.25) is 0 Å². The highest BCUT2D eigenvalue weighted by atomic mass is 19.4. The molecular weight excluding hydrogens is 360 g/mol. The molecule has 3 N–H and O–H groups in total. The first-order valence-electron chi connectivity index (χ1n) is 6.91. The molecule has 0 aliphatic heterocycles. The van der Waals surface area contributed by atoms with Gasteiger partial charge in [-0.1, -0.05) is 19.1 Å². The van der Waals surface area contributed by atoms with Crippen molar-refractivity contribution in [2.45, 2.75) is 32.0 Å². The topological polar surface area (TPSA) is 81.8 Å². The van der Waals surface area contributed by atoms with E-state index in [0.29, 0.717) is 6.07 Å². The van der Waals surface area contributed by atoms with Gasteiger partial charge in [0.05, 0.1) is 5.92 Å². The lowest BCUT2D eigenvalue weighted by atomic mass is 9.89. The second kappa shape index (κ2) is 7.81. The highest BCUT2D eigenvalue weighted by Gasteiger charge is 2.38. The van der Waals surface area contributed by atoms with E-state index in [9.17, 15) is 31.1 Å². The van der Waals surface area contributed by atoms with Gasteiger partial charge in [0, 0.05) is 12.1 Å². The Hall–Kier alpha value is -2.17. The Morgan fingerprint density at radius 3 is 2.16 bits per heavy atom. The first kappa shape index (κ1) is 20.9. The minimum absolute atomic E-state index is 0.199. The SMILES string of the molecule is CC(CC(CN)C(=O)O)c1cccc(OC(F)(F)F)c1OC(F)(F)F. The average Bonchev–Trinajstić information content (AvgIpc) is 2.43. The molecule has 2 atom stereocenters. The number of hydrogen-bond acceptors (Lipinski definition) is 4. The van der Waals surface area contributed by atoms with E-state index in [1.54, 1.807) is 0 Å². The Morgan fingerprint density at radius 2 is 1.72 bits per heavy atom. The molecule has 1 rings (SSSR count). The first-order valence-corrected chi connectivity index (χ1v) is 6.91. The highest BCUT2D eigenvalue weighted by Crippen LogP contribution is 2.42. The molecule has 0 amide bonds. The number of aliphatic carboxylic acids is 1. The number of halogens is 6. The van der Waals surface area contributed by atoms with Crippen molar-refractivity contribution in [3.8, 4) is 11.5 Å². The average molecular weight is 375 g/mol. The fraction of sp³-hybridized carbons (Fsp3) is 0.500. The molecule has 0 fully saturated rings. The van der Waals surface area contributed by atoms with E-state index in [2.05, 4.69) is 9.47 Å². The van der Waals surface area contributed by atoms with Gasteiger partial charge >= 0.3 is 18.7 Å². The monoisotopic (exact) mass is 375 g/mol. The van der Waals surface area contributed by atoms with Gasteiger partial charge in [0.2, 0.25) is 0 Å². The Labute approximate surface area is 138 Å². The van der Waals surface area contributed by atoms with Gasteiger partial charge in [0.1, 0.15) is 0 Å². The van der Waals surface area contributed by atoms with Gasteiger partial charge < -0.3 is 20.3 Å². The van der Waals surface area contributed by atoms with Gasteiger partial charge in [-0.15, -0.1) is 26.3 Å². The molecule has 2 unspecified atom stereocenters. The van der Waals surface area contributed by atoms with Crippen molar-refractivity contribution in [2.75, 3.05) is 6.54 Å². The summed E-state index contributed by atoms with van der Waals surface area (Å²) in [5.74, 6) is -5.58. The lowest BCUT2D eigenvalue weighted by Crippen LogP contribution is -2.26. The quantitative estimate of drug-likeness (QED) is 0.711. The molecule has 11 heteroatoms. The molecule has 0 aliphatic rings. The normalized spacial score (nSPS) is 14.7. The highest BCUT2D eigenvalue weighted by molar-refractivity contribution is 5.70. The Kier molecular flexibility index (Phi) is 6.52. The Bertz CT molecular complexity index is 602. The maximum absolute atomic E-state index is 12.6. The zero-order chi connectivity index (χ0) is 19.4. The molecular formula is C14H15F6NO4. The van der Waals surface area contributed by atoms with Crippen LogP contribution < -0.4 is 15.2 Å². The largest absolute Gasteiger partial charge is 0.573 e. The van der Waals surface area contributed by atoms with Crippen LogP contribution in [-0.2, 0) is 4.79 Å². The van der Waals surface area contributed by atoms with Crippen molar-refractivity contribution in [1.29, 1.82) is 0 Å². The maximum atomic E-state index is 12.6. The van der Waals surface area contributed by atoms with Crippen molar-refractivity contribution in [2.24, 2.45) is 11.7 Å². The third kappa shape index (κ3) is 6.69. The smallest absolute Gasteiger partial charge is 0.481 e. The zero-order valence-electron chi connectivity index (χ0n) is 12.8. The Morgan fingerprint density at radius 1 is 1.16 bits per heavy atom. The van der Waals surface area contributed by atoms with E-state index < -0.39 is 42.0 Å². The lowest BCUT2D eigenvalue weighted by Gasteiger charge is -2.22. The first-order chi connectivity index (χ1) is 11.3. The van der Waals surface area contributed by atoms with Crippen LogP contribution in [0.15, 0.2) is 18.2 Å². The number of carboxylic acids is 1. The number of carboxylic acid groups (broad SMARTS) is 1. The number of carbonyl (C=O) groups is 1. The summed E-state index contributed by atoms with van der Waals surface area (Å²) < 4.78 is 82.2. The van der Waals surface area contributed by atoms with Crippen LogP contribution in [0.25, 0.3) is 0 Å². The van der Waals surface area contributed by atoms with Gasteiger partial charge in [-0.25, -0.2) is 0 Å². The van der Waals surface area contributed by atoms with Gasteiger partial charge in [0.15, 0.2) is 11.5 Å². The summed E-state index contributed by atoms with van der Waals surface area (Å²) in [5, 5.41) is 8.97. The summed E-state index contributed by atoms with van der Waals surface area (Å²) >= 11 is 0. The van der Waals surface area contributed by atoms with Gasteiger partial charge in [-0.2, -0.15) is 0 Å². The third-order valence-electron chi connectivity index (χ3n) is 3.26. The van der Waals surface area contributed by atoms with Crippen LogP contribution in [0.5, 0.6) is 11.5 Å². The van der Waals surface area contributed by atoms with Crippen LogP contribution in [0.3, 0.4) is 0 Å². The molecule has 0 spiro atoms. The molecule has 25 heavy (non-hydrogen) atoms. The minimum Gasteiger partial charge on any atom is -0.481 e. The predicted octanol–water partition coefficient (Wildman–Crippen LogP) is 3.64. The standard InChI is InChI=1S/C14H15F6NO4/c1-7(5-8(6-21)12(22)23)9-3-2-4-10(24-13(15,16)17)11(9)25-14(18,19)20/h2-4,7-8H,5-6,21H2,1H3,(H,22,23). The van der Waals surface area contributed by atoms with Crippen LogP contribution in [0.4, 0.5) is 26.3 Å². The van der Waals surface area contributed by atoms with Crippen LogP contribution in [0, 0.1) is 5.92 Å².